The van der Waals surface area contributed by atoms with Crippen molar-refractivity contribution in [2.45, 2.75) is 51.0 Å². The lowest BCUT2D eigenvalue weighted by molar-refractivity contribution is -0.137. The molecule has 1 aliphatic heterocycles. The quantitative estimate of drug-likeness (QED) is 0.801. The molecule has 0 radical (unpaired) electrons. The van der Waals surface area contributed by atoms with Crippen LogP contribution in [0.15, 0.2) is 0 Å². The molecule has 4 nitrogen and oxygen atoms in total. The van der Waals surface area contributed by atoms with Gasteiger partial charge in [0.1, 0.15) is 0 Å². The van der Waals surface area contributed by atoms with Crippen molar-refractivity contribution in [1.29, 1.82) is 0 Å². The van der Waals surface area contributed by atoms with Gasteiger partial charge < -0.3 is 15.5 Å². The summed E-state index contributed by atoms with van der Waals surface area (Å²) in [5.74, 6) is 1.17. The van der Waals surface area contributed by atoms with E-state index in [0.717, 1.165) is 51.2 Å². The molecule has 1 amide bonds. The highest BCUT2D eigenvalue weighted by molar-refractivity contribution is 5.79. The van der Waals surface area contributed by atoms with Crippen molar-refractivity contribution in [1.82, 2.24) is 9.80 Å². The van der Waals surface area contributed by atoms with Crippen LogP contribution in [0.1, 0.15) is 44.9 Å². The van der Waals surface area contributed by atoms with E-state index in [4.69, 9.17) is 5.73 Å². The lowest BCUT2D eigenvalue weighted by Gasteiger charge is -2.36. The molecule has 0 bridgehead atoms. The minimum absolute atomic E-state index is 0.0860. The Morgan fingerprint density at radius 2 is 1.75 bits per heavy atom. The molecular weight excluding hydrogens is 250 g/mol. The summed E-state index contributed by atoms with van der Waals surface area (Å²) in [4.78, 5) is 17.0. The molecule has 0 aromatic carbocycles. The first-order chi connectivity index (χ1) is 9.58. The number of nitrogens with zero attached hydrogens (tertiary/aromatic N) is 2. The van der Waals surface area contributed by atoms with Gasteiger partial charge in [0.2, 0.25) is 5.91 Å². The third kappa shape index (κ3) is 4.19. The third-order valence-electron chi connectivity index (χ3n) is 4.94. The summed E-state index contributed by atoms with van der Waals surface area (Å²) in [6.07, 6.45) is 7.91. The van der Waals surface area contributed by atoms with Gasteiger partial charge >= 0.3 is 0 Å². The van der Waals surface area contributed by atoms with E-state index in [9.17, 15) is 4.79 Å². The molecule has 2 fully saturated rings. The molecule has 1 heterocycles. The second-order valence-corrected chi connectivity index (χ2v) is 6.94. The summed E-state index contributed by atoms with van der Waals surface area (Å²) in [6.45, 7) is 3.01. The average Bonchev–Trinajstić information content (AvgIpc) is 2.63. The van der Waals surface area contributed by atoms with Crippen LogP contribution in [0.25, 0.3) is 0 Å². The molecule has 116 valence electrons. The summed E-state index contributed by atoms with van der Waals surface area (Å²) >= 11 is 0. The number of hydrogen-bond donors (Lipinski definition) is 1. The maximum Gasteiger partial charge on any atom is 0.227 e. The van der Waals surface area contributed by atoms with Crippen LogP contribution < -0.4 is 5.73 Å². The highest BCUT2D eigenvalue weighted by Crippen LogP contribution is 2.26. The fraction of sp³-hybridized carbons (Fsp3) is 0.938. The summed E-state index contributed by atoms with van der Waals surface area (Å²) in [6, 6.07) is 0.0875. The second kappa shape index (κ2) is 7.41. The second-order valence-electron chi connectivity index (χ2n) is 6.94. The fourth-order valence-corrected chi connectivity index (χ4v) is 3.73. The van der Waals surface area contributed by atoms with Crippen LogP contribution in [0.4, 0.5) is 0 Å². The van der Waals surface area contributed by atoms with E-state index in [0.29, 0.717) is 5.91 Å². The largest absolute Gasteiger partial charge is 0.342 e. The van der Waals surface area contributed by atoms with Crippen LogP contribution >= 0.6 is 0 Å². The van der Waals surface area contributed by atoms with E-state index >= 15 is 0 Å². The van der Waals surface area contributed by atoms with Crippen molar-refractivity contribution < 1.29 is 4.79 Å². The molecule has 2 aliphatic rings. The predicted octanol–water partition coefficient (Wildman–Crippen LogP) is 1.69. The first-order valence-electron chi connectivity index (χ1n) is 8.27. The topological polar surface area (TPSA) is 49.6 Å². The number of carbonyl (C=O) groups is 1. The van der Waals surface area contributed by atoms with Crippen LogP contribution in [-0.4, -0.2) is 55.5 Å². The molecule has 1 aliphatic carbocycles. The molecule has 2 atom stereocenters. The van der Waals surface area contributed by atoms with E-state index < -0.39 is 0 Å². The van der Waals surface area contributed by atoms with Gasteiger partial charge in [0.05, 0.1) is 5.92 Å². The first kappa shape index (κ1) is 15.8. The van der Waals surface area contributed by atoms with Crippen molar-refractivity contribution in [3.8, 4) is 0 Å². The van der Waals surface area contributed by atoms with Gasteiger partial charge in [-0.15, -0.1) is 0 Å². The van der Waals surface area contributed by atoms with Crippen molar-refractivity contribution in [3.05, 3.63) is 0 Å². The lowest BCUT2D eigenvalue weighted by Crippen LogP contribution is -2.47. The Morgan fingerprint density at radius 3 is 2.40 bits per heavy atom. The molecule has 2 rings (SSSR count). The van der Waals surface area contributed by atoms with Gasteiger partial charge in [-0.1, -0.05) is 19.3 Å². The smallest absolute Gasteiger partial charge is 0.227 e. The molecule has 4 heteroatoms. The molecule has 0 spiro atoms. The Kier molecular flexibility index (Phi) is 5.85. The molecule has 1 saturated heterocycles. The van der Waals surface area contributed by atoms with Crippen LogP contribution in [0.5, 0.6) is 0 Å². The molecule has 1 saturated carbocycles. The zero-order valence-electron chi connectivity index (χ0n) is 13.2. The summed E-state index contributed by atoms with van der Waals surface area (Å²) in [5, 5.41) is 0. The predicted molar refractivity (Wildman–Crippen MR) is 82.4 cm³/mol. The van der Waals surface area contributed by atoms with Crippen molar-refractivity contribution in [3.63, 3.8) is 0 Å². The molecule has 2 N–H and O–H groups in total. The van der Waals surface area contributed by atoms with Crippen LogP contribution in [0.3, 0.4) is 0 Å². The first-order valence-corrected chi connectivity index (χ1v) is 8.27. The SMILES string of the molecule is CN(C)CC1CCN(C(=O)C2CCCCCC2N)CC1. The van der Waals surface area contributed by atoms with Crippen molar-refractivity contribution in [2.24, 2.45) is 17.6 Å². The number of amides is 1. The van der Waals surface area contributed by atoms with Crippen LogP contribution in [0.2, 0.25) is 0 Å². The Hall–Kier alpha value is -0.610. The molecular formula is C16H31N3O. The number of piperidine rings is 1. The van der Waals surface area contributed by atoms with Gasteiger partial charge in [-0.2, -0.15) is 0 Å². The zero-order valence-corrected chi connectivity index (χ0v) is 13.2. The van der Waals surface area contributed by atoms with E-state index in [1.165, 1.54) is 19.3 Å². The van der Waals surface area contributed by atoms with Crippen LogP contribution in [-0.2, 0) is 4.79 Å². The normalized spacial score (nSPS) is 29.5. The van der Waals surface area contributed by atoms with E-state index in [-0.39, 0.29) is 12.0 Å². The van der Waals surface area contributed by atoms with Crippen molar-refractivity contribution >= 4 is 5.91 Å². The highest BCUT2D eigenvalue weighted by Gasteiger charge is 2.32. The minimum atomic E-state index is 0.0860. The summed E-state index contributed by atoms with van der Waals surface area (Å²) < 4.78 is 0. The van der Waals surface area contributed by atoms with Gasteiger partial charge in [0.15, 0.2) is 0 Å². The highest BCUT2D eigenvalue weighted by atomic mass is 16.2. The number of hydrogen-bond acceptors (Lipinski definition) is 3. The Balaban J connectivity index is 1.84. The molecule has 2 unspecified atom stereocenters. The van der Waals surface area contributed by atoms with Gasteiger partial charge in [-0.25, -0.2) is 0 Å². The Bertz CT molecular complexity index is 311. The standard InChI is InChI=1S/C16H31N3O/c1-18(2)12-13-8-10-19(11-9-13)16(20)14-6-4-3-5-7-15(14)17/h13-15H,3-12,17H2,1-2H3. The van der Waals surface area contributed by atoms with E-state index in [2.05, 4.69) is 23.9 Å². The van der Waals surface area contributed by atoms with Gasteiger partial charge in [0, 0.05) is 25.7 Å². The molecule has 20 heavy (non-hydrogen) atoms. The average molecular weight is 281 g/mol. The zero-order chi connectivity index (χ0) is 14.5. The number of rotatable bonds is 3. The maximum atomic E-state index is 12.7. The van der Waals surface area contributed by atoms with Crippen LogP contribution in [0, 0.1) is 11.8 Å². The number of nitrogens with two attached hydrogens (primary N) is 1. The Labute approximate surface area is 123 Å². The Morgan fingerprint density at radius 1 is 1.10 bits per heavy atom. The minimum Gasteiger partial charge on any atom is -0.342 e. The monoisotopic (exact) mass is 281 g/mol. The number of carbonyl (C=O) groups excluding carboxylic acids is 1. The maximum absolute atomic E-state index is 12.7. The summed E-state index contributed by atoms with van der Waals surface area (Å²) in [5.41, 5.74) is 6.23. The molecule has 0 aromatic heterocycles. The van der Waals surface area contributed by atoms with E-state index in [1.807, 2.05) is 0 Å². The van der Waals surface area contributed by atoms with Gasteiger partial charge in [-0.05, 0) is 45.7 Å². The third-order valence-corrected chi connectivity index (χ3v) is 4.94. The number of likely N-dealkylation sites (tertiary alicyclic amines) is 1. The van der Waals surface area contributed by atoms with E-state index in [1.54, 1.807) is 0 Å². The van der Waals surface area contributed by atoms with Gasteiger partial charge in [-0.3, -0.25) is 4.79 Å². The fourth-order valence-electron chi connectivity index (χ4n) is 3.73. The molecule has 0 aromatic rings. The van der Waals surface area contributed by atoms with Crippen molar-refractivity contribution in [2.75, 3.05) is 33.7 Å². The lowest BCUT2D eigenvalue weighted by atomic mass is 9.91. The van der Waals surface area contributed by atoms with Gasteiger partial charge in [0.25, 0.3) is 0 Å². The summed E-state index contributed by atoms with van der Waals surface area (Å²) in [7, 11) is 4.25.